The highest BCUT2D eigenvalue weighted by Crippen LogP contribution is 2.31. The molecule has 6 heteroatoms. The van der Waals surface area contributed by atoms with Gasteiger partial charge in [-0.05, 0) is 25.0 Å². The van der Waals surface area contributed by atoms with E-state index in [2.05, 4.69) is 15.1 Å². The van der Waals surface area contributed by atoms with E-state index in [-0.39, 0.29) is 5.92 Å². The fourth-order valence-electron chi connectivity index (χ4n) is 2.83. The van der Waals surface area contributed by atoms with Crippen molar-refractivity contribution in [3.05, 3.63) is 30.3 Å². The lowest BCUT2D eigenvalue weighted by Gasteiger charge is -2.29. The molecule has 0 atom stereocenters. The number of ether oxygens (including phenoxy) is 1. The molecule has 0 radical (unpaired) electrons. The third kappa shape index (κ3) is 2.77. The first-order valence-electron chi connectivity index (χ1n) is 7.35. The summed E-state index contributed by atoms with van der Waals surface area (Å²) in [6, 6.07) is 9.76. The van der Waals surface area contributed by atoms with Gasteiger partial charge in [-0.15, -0.1) is 0 Å². The number of carboxylic acids is 1. The van der Waals surface area contributed by atoms with Gasteiger partial charge in [0, 0.05) is 24.7 Å². The summed E-state index contributed by atoms with van der Waals surface area (Å²) in [6.07, 6.45) is 1.32. The quantitative estimate of drug-likeness (QED) is 0.906. The minimum atomic E-state index is -0.698. The Morgan fingerprint density at radius 3 is 2.77 bits per heavy atom. The van der Waals surface area contributed by atoms with Crippen molar-refractivity contribution < 1.29 is 14.6 Å². The number of rotatable bonds is 4. The van der Waals surface area contributed by atoms with E-state index in [1.807, 2.05) is 30.3 Å². The Morgan fingerprint density at radius 2 is 2.09 bits per heavy atom. The number of nitrogens with zero attached hydrogens (tertiary/aromatic N) is 2. The molecule has 0 spiro atoms. The Kier molecular flexibility index (Phi) is 4.00. The van der Waals surface area contributed by atoms with Gasteiger partial charge in [0.05, 0.1) is 18.7 Å². The van der Waals surface area contributed by atoms with Gasteiger partial charge >= 0.3 is 5.97 Å². The van der Waals surface area contributed by atoms with Crippen LogP contribution in [0.1, 0.15) is 12.8 Å². The number of benzene rings is 1. The molecule has 0 unspecified atom stereocenters. The van der Waals surface area contributed by atoms with E-state index in [9.17, 15) is 4.79 Å². The molecule has 0 bridgehead atoms. The van der Waals surface area contributed by atoms with Crippen LogP contribution in [0.3, 0.4) is 0 Å². The number of carbonyl (C=O) groups is 1. The molecule has 3 rings (SSSR count). The average molecular weight is 301 g/mol. The van der Waals surface area contributed by atoms with Gasteiger partial charge in [-0.3, -0.25) is 9.89 Å². The Hall–Kier alpha value is -2.50. The van der Waals surface area contributed by atoms with Crippen LogP contribution < -0.4 is 9.64 Å². The lowest BCUT2D eigenvalue weighted by molar-refractivity contribution is -0.142. The van der Waals surface area contributed by atoms with Crippen molar-refractivity contribution in [1.82, 2.24) is 10.2 Å². The number of anilines is 1. The third-order valence-electron chi connectivity index (χ3n) is 4.13. The smallest absolute Gasteiger partial charge is 0.306 e. The minimum absolute atomic E-state index is 0.233. The fraction of sp³-hybridized carbons (Fsp3) is 0.375. The van der Waals surface area contributed by atoms with Gasteiger partial charge in [0.25, 0.3) is 0 Å². The first-order valence-corrected chi connectivity index (χ1v) is 7.35. The van der Waals surface area contributed by atoms with Crippen molar-refractivity contribution in [2.24, 2.45) is 5.92 Å². The first kappa shape index (κ1) is 14.4. The second kappa shape index (κ2) is 6.09. The van der Waals surface area contributed by atoms with Crippen molar-refractivity contribution in [1.29, 1.82) is 0 Å². The molecule has 0 amide bonds. The number of carboxylic acid groups (broad SMARTS) is 1. The van der Waals surface area contributed by atoms with Crippen LogP contribution >= 0.6 is 0 Å². The zero-order valence-electron chi connectivity index (χ0n) is 12.5. The lowest BCUT2D eigenvalue weighted by Crippen LogP contribution is -2.36. The van der Waals surface area contributed by atoms with Gasteiger partial charge in [0.1, 0.15) is 5.75 Å². The molecule has 2 heterocycles. The van der Waals surface area contributed by atoms with Crippen molar-refractivity contribution >= 4 is 11.8 Å². The maximum Gasteiger partial charge on any atom is 0.306 e. The molecule has 2 N–H and O–H groups in total. The summed E-state index contributed by atoms with van der Waals surface area (Å²) in [5, 5.41) is 16.5. The van der Waals surface area contributed by atoms with E-state index in [0.717, 1.165) is 22.8 Å². The highest BCUT2D eigenvalue weighted by molar-refractivity contribution is 5.71. The van der Waals surface area contributed by atoms with Gasteiger partial charge < -0.3 is 14.7 Å². The molecule has 1 aliphatic rings. The molecule has 1 aromatic heterocycles. The highest BCUT2D eigenvalue weighted by Gasteiger charge is 2.25. The second-order valence-corrected chi connectivity index (χ2v) is 5.44. The standard InChI is InChI=1S/C16H19N3O3/c1-22-14-5-3-2-4-12(14)13-10-15(18-17-13)19-8-6-11(7-9-19)16(20)21/h2-5,10-11H,6-9H2,1H3,(H,17,18)(H,20,21). The third-order valence-corrected chi connectivity index (χ3v) is 4.13. The SMILES string of the molecule is COc1ccccc1-c1cc(N2CCC(C(=O)O)CC2)n[nH]1. The maximum absolute atomic E-state index is 11.0. The minimum Gasteiger partial charge on any atom is -0.496 e. The topological polar surface area (TPSA) is 78.4 Å². The summed E-state index contributed by atoms with van der Waals surface area (Å²) < 4.78 is 5.37. The first-order chi connectivity index (χ1) is 10.7. The highest BCUT2D eigenvalue weighted by atomic mass is 16.5. The predicted octanol–water partition coefficient (Wildman–Crippen LogP) is 2.39. The van der Waals surface area contributed by atoms with Crippen molar-refractivity contribution in [3.8, 4) is 17.0 Å². The second-order valence-electron chi connectivity index (χ2n) is 5.44. The Balaban J connectivity index is 1.76. The zero-order chi connectivity index (χ0) is 15.5. The summed E-state index contributed by atoms with van der Waals surface area (Å²) in [5.41, 5.74) is 1.86. The van der Waals surface area contributed by atoms with E-state index >= 15 is 0 Å². The molecule has 0 aliphatic carbocycles. The average Bonchev–Trinajstić information content (AvgIpc) is 3.04. The number of H-pyrrole nitrogens is 1. The summed E-state index contributed by atoms with van der Waals surface area (Å²) in [6.45, 7) is 1.43. The van der Waals surface area contributed by atoms with Crippen molar-refractivity contribution in [2.75, 3.05) is 25.1 Å². The predicted molar refractivity (Wildman–Crippen MR) is 83.1 cm³/mol. The number of methoxy groups -OCH3 is 1. The molecule has 22 heavy (non-hydrogen) atoms. The molecule has 1 aliphatic heterocycles. The molecule has 2 aromatic rings. The van der Waals surface area contributed by atoms with E-state index in [1.54, 1.807) is 7.11 Å². The van der Waals surface area contributed by atoms with Crippen LogP contribution in [0, 0.1) is 5.92 Å². The van der Waals surface area contributed by atoms with Crippen LogP contribution in [-0.2, 0) is 4.79 Å². The van der Waals surface area contributed by atoms with Gasteiger partial charge in [-0.1, -0.05) is 12.1 Å². The molecular weight excluding hydrogens is 282 g/mol. The van der Waals surface area contributed by atoms with Gasteiger partial charge in [0.15, 0.2) is 5.82 Å². The van der Waals surface area contributed by atoms with Crippen LogP contribution in [0.2, 0.25) is 0 Å². The molecule has 116 valence electrons. The number of aromatic nitrogens is 2. The summed E-state index contributed by atoms with van der Waals surface area (Å²) in [7, 11) is 1.65. The molecule has 1 saturated heterocycles. The monoisotopic (exact) mass is 301 g/mol. The Bertz CT molecular complexity index is 660. The Morgan fingerprint density at radius 1 is 1.36 bits per heavy atom. The van der Waals surface area contributed by atoms with E-state index < -0.39 is 5.97 Å². The summed E-state index contributed by atoms with van der Waals surface area (Å²) in [4.78, 5) is 13.1. The van der Waals surface area contributed by atoms with Crippen molar-refractivity contribution in [2.45, 2.75) is 12.8 Å². The summed E-state index contributed by atoms with van der Waals surface area (Å²) >= 11 is 0. The number of hydrogen-bond acceptors (Lipinski definition) is 4. The maximum atomic E-state index is 11.0. The molecule has 0 saturated carbocycles. The van der Waals surface area contributed by atoms with E-state index in [4.69, 9.17) is 9.84 Å². The lowest BCUT2D eigenvalue weighted by atomic mass is 9.97. The Labute approximate surface area is 128 Å². The van der Waals surface area contributed by atoms with Crippen molar-refractivity contribution in [3.63, 3.8) is 0 Å². The largest absolute Gasteiger partial charge is 0.496 e. The molecule has 1 aromatic carbocycles. The van der Waals surface area contributed by atoms with Crippen LogP contribution in [0.4, 0.5) is 5.82 Å². The van der Waals surface area contributed by atoms with E-state index in [0.29, 0.717) is 25.9 Å². The van der Waals surface area contributed by atoms with Gasteiger partial charge in [-0.25, -0.2) is 0 Å². The number of nitrogens with one attached hydrogen (secondary N) is 1. The molecule has 1 fully saturated rings. The van der Waals surface area contributed by atoms with E-state index in [1.165, 1.54) is 0 Å². The van der Waals surface area contributed by atoms with Crippen LogP contribution in [-0.4, -0.2) is 41.5 Å². The normalized spacial score (nSPS) is 15.8. The van der Waals surface area contributed by atoms with Crippen LogP contribution in [0.15, 0.2) is 30.3 Å². The number of hydrogen-bond donors (Lipinski definition) is 2. The summed E-state index contributed by atoms with van der Waals surface area (Å²) in [5.74, 6) is 0.715. The zero-order valence-corrected chi connectivity index (χ0v) is 12.5. The number of aliphatic carboxylic acids is 1. The van der Waals surface area contributed by atoms with Gasteiger partial charge in [0.2, 0.25) is 0 Å². The number of para-hydroxylation sites is 1. The molecular formula is C16H19N3O3. The van der Waals surface area contributed by atoms with Crippen LogP contribution in [0.5, 0.6) is 5.75 Å². The molecule has 6 nitrogen and oxygen atoms in total. The number of piperidine rings is 1. The van der Waals surface area contributed by atoms with Crippen LogP contribution in [0.25, 0.3) is 11.3 Å². The van der Waals surface area contributed by atoms with Gasteiger partial charge in [-0.2, -0.15) is 5.10 Å². The fourth-order valence-corrected chi connectivity index (χ4v) is 2.83. The number of aromatic amines is 1.